The molecular formula is C15H17N3O2S. The maximum Gasteiger partial charge on any atom is 0.435 e. The lowest BCUT2D eigenvalue weighted by Gasteiger charge is -2.24. The van der Waals surface area contributed by atoms with E-state index in [0.717, 1.165) is 35.7 Å². The number of piperidine rings is 1. The zero-order valence-corrected chi connectivity index (χ0v) is 12.5. The van der Waals surface area contributed by atoms with Crippen LogP contribution in [0.4, 0.5) is 4.79 Å². The summed E-state index contributed by atoms with van der Waals surface area (Å²) in [6.45, 7) is 1.54. The van der Waals surface area contributed by atoms with E-state index in [9.17, 15) is 4.79 Å². The zero-order chi connectivity index (χ0) is 14.5. The predicted octanol–water partition coefficient (Wildman–Crippen LogP) is 3.07. The van der Waals surface area contributed by atoms with Gasteiger partial charge in [0, 0.05) is 18.0 Å². The van der Waals surface area contributed by atoms with Gasteiger partial charge in [0.1, 0.15) is 0 Å². The Kier molecular flexibility index (Phi) is 4.45. The Morgan fingerprint density at radius 1 is 1.10 bits per heavy atom. The first-order chi connectivity index (χ1) is 10.3. The second-order valence-corrected chi connectivity index (χ2v) is 6.05. The van der Waals surface area contributed by atoms with Crippen molar-refractivity contribution in [2.24, 2.45) is 0 Å². The van der Waals surface area contributed by atoms with Gasteiger partial charge in [0.25, 0.3) is 0 Å². The van der Waals surface area contributed by atoms with Crippen LogP contribution < -0.4 is 4.84 Å². The summed E-state index contributed by atoms with van der Waals surface area (Å²) in [7, 11) is 0. The molecule has 0 atom stereocenters. The Labute approximate surface area is 127 Å². The number of rotatable bonds is 3. The number of amides is 1. The van der Waals surface area contributed by atoms with E-state index >= 15 is 0 Å². The molecule has 1 saturated heterocycles. The molecule has 0 saturated carbocycles. The molecule has 0 radical (unpaired) electrons. The van der Waals surface area contributed by atoms with Gasteiger partial charge in [-0.1, -0.05) is 34.8 Å². The van der Waals surface area contributed by atoms with Crippen molar-refractivity contribution < 1.29 is 9.63 Å². The molecule has 1 aromatic heterocycles. The molecule has 1 aliphatic rings. The molecule has 0 N–H and O–H groups in total. The molecule has 3 rings (SSSR count). The molecule has 110 valence electrons. The number of carbonyl (C=O) groups is 1. The minimum Gasteiger partial charge on any atom is -0.306 e. The topological polar surface area (TPSA) is 47.4 Å². The molecule has 0 aliphatic carbocycles. The Hall–Kier alpha value is -1.95. The van der Waals surface area contributed by atoms with Crippen LogP contribution in [-0.2, 0) is 0 Å². The normalized spacial score (nSPS) is 15.0. The van der Waals surface area contributed by atoms with Gasteiger partial charge in [0.15, 0.2) is 0 Å². The third kappa shape index (κ3) is 3.78. The highest BCUT2D eigenvalue weighted by Gasteiger charge is 2.19. The second kappa shape index (κ2) is 6.67. The van der Waals surface area contributed by atoms with Gasteiger partial charge in [0.05, 0.1) is 17.3 Å². The first-order valence-electron chi connectivity index (χ1n) is 7.06. The molecule has 21 heavy (non-hydrogen) atoms. The molecule has 2 aromatic rings. The Bertz CT molecular complexity index is 594. The van der Waals surface area contributed by atoms with Crippen LogP contribution in [0.5, 0.6) is 0 Å². The second-order valence-electron chi connectivity index (χ2n) is 4.90. The number of benzene rings is 1. The van der Waals surface area contributed by atoms with Crippen LogP contribution in [0.1, 0.15) is 19.3 Å². The average molecular weight is 303 g/mol. The van der Waals surface area contributed by atoms with Crippen molar-refractivity contribution in [2.45, 2.75) is 29.1 Å². The van der Waals surface area contributed by atoms with E-state index in [1.165, 1.54) is 11.3 Å². The fourth-order valence-corrected chi connectivity index (χ4v) is 3.04. The molecule has 5 nitrogen and oxygen atoms in total. The van der Waals surface area contributed by atoms with Crippen molar-refractivity contribution in [2.75, 3.05) is 13.1 Å². The van der Waals surface area contributed by atoms with E-state index in [2.05, 4.69) is 5.10 Å². The van der Waals surface area contributed by atoms with Gasteiger partial charge in [-0.05, 0) is 31.4 Å². The predicted molar refractivity (Wildman–Crippen MR) is 80.2 cm³/mol. The number of aromatic nitrogens is 2. The van der Waals surface area contributed by atoms with Crippen LogP contribution >= 0.6 is 11.8 Å². The van der Waals surface area contributed by atoms with Gasteiger partial charge in [-0.15, -0.1) is 5.10 Å². The molecule has 1 amide bonds. The largest absolute Gasteiger partial charge is 0.435 e. The number of carbonyl (C=O) groups excluding carboxylic acids is 1. The van der Waals surface area contributed by atoms with Gasteiger partial charge in [-0.25, -0.2) is 4.79 Å². The summed E-state index contributed by atoms with van der Waals surface area (Å²) < 4.78 is 0. The van der Waals surface area contributed by atoms with Crippen molar-refractivity contribution in [3.05, 3.63) is 42.7 Å². The fraction of sp³-hybridized carbons (Fsp3) is 0.333. The molecule has 1 aliphatic heterocycles. The third-order valence-electron chi connectivity index (χ3n) is 3.30. The van der Waals surface area contributed by atoms with Crippen LogP contribution in [0.3, 0.4) is 0 Å². The average Bonchev–Trinajstić information content (AvgIpc) is 2.96. The number of likely N-dealkylation sites (tertiary alicyclic amines) is 1. The highest BCUT2D eigenvalue weighted by molar-refractivity contribution is 7.99. The summed E-state index contributed by atoms with van der Waals surface area (Å²) >= 11 is 1.58. The number of hydrogen-bond donors (Lipinski definition) is 0. The van der Waals surface area contributed by atoms with Crippen LogP contribution in [0.2, 0.25) is 0 Å². The smallest absolute Gasteiger partial charge is 0.306 e. The van der Waals surface area contributed by atoms with E-state index < -0.39 is 0 Å². The first-order valence-corrected chi connectivity index (χ1v) is 7.88. The maximum atomic E-state index is 12.0. The van der Waals surface area contributed by atoms with Gasteiger partial charge in [0.2, 0.25) is 0 Å². The van der Waals surface area contributed by atoms with Crippen LogP contribution in [0.15, 0.2) is 52.5 Å². The molecular weight excluding hydrogens is 286 g/mol. The van der Waals surface area contributed by atoms with E-state index in [0.29, 0.717) is 0 Å². The summed E-state index contributed by atoms with van der Waals surface area (Å²) in [4.78, 5) is 22.3. The minimum atomic E-state index is -0.325. The summed E-state index contributed by atoms with van der Waals surface area (Å²) in [6.07, 6.45) is 6.37. The lowest BCUT2D eigenvalue weighted by atomic mass is 10.1. The Morgan fingerprint density at radius 3 is 2.62 bits per heavy atom. The van der Waals surface area contributed by atoms with E-state index in [1.807, 2.05) is 30.3 Å². The number of hydrogen-bond acceptors (Lipinski definition) is 4. The van der Waals surface area contributed by atoms with Crippen LogP contribution in [0.25, 0.3) is 0 Å². The monoisotopic (exact) mass is 303 g/mol. The molecule has 2 heterocycles. The SMILES string of the molecule is O=C(On1cc(Sc2ccccc2)cn1)N1CCCCC1. The molecule has 1 fully saturated rings. The highest BCUT2D eigenvalue weighted by atomic mass is 32.2. The van der Waals surface area contributed by atoms with E-state index in [-0.39, 0.29) is 6.09 Å². The van der Waals surface area contributed by atoms with Crippen LogP contribution in [0, 0.1) is 0 Å². The van der Waals surface area contributed by atoms with Crippen molar-refractivity contribution in [3.8, 4) is 0 Å². The first kappa shape index (κ1) is 14.0. The third-order valence-corrected chi connectivity index (χ3v) is 4.26. The summed E-state index contributed by atoms with van der Waals surface area (Å²) in [6, 6.07) is 10.0. The van der Waals surface area contributed by atoms with Crippen LogP contribution in [-0.4, -0.2) is 34.0 Å². The number of nitrogens with zero attached hydrogens (tertiary/aromatic N) is 3. The van der Waals surface area contributed by atoms with E-state index in [1.54, 1.807) is 29.1 Å². The minimum absolute atomic E-state index is 0.325. The summed E-state index contributed by atoms with van der Waals surface area (Å²) in [5.41, 5.74) is 0. The van der Waals surface area contributed by atoms with Crippen molar-refractivity contribution in [1.29, 1.82) is 0 Å². The van der Waals surface area contributed by atoms with Gasteiger partial charge in [-0.3, -0.25) is 4.84 Å². The summed E-state index contributed by atoms with van der Waals surface area (Å²) in [5.74, 6) is 0. The zero-order valence-electron chi connectivity index (χ0n) is 11.6. The quantitative estimate of drug-likeness (QED) is 0.874. The molecule has 0 spiro atoms. The fourth-order valence-electron chi connectivity index (χ4n) is 2.23. The van der Waals surface area contributed by atoms with Crippen molar-refractivity contribution in [3.63, 3.8) is 0 Å². The van der Waals surface area contributed by atoms with Gasteiger partial charge >= 0.3 is 6.09 Å². The highest BCUT2D eigenvalue weighted by Crippen LogP contribution is 2.26. The lowest BCUT2D eigenvalue weighted by Crippen LogP contribution is -2.40. The van der Waals surface area contributed by atoms with Gasteiger partial charge < -0.3 is 4.90 Å². The molecule has 1 aromatic carbocycles. The summed E-state index contributed by atoms with van der Waals surface area (Å²) in [5, 5.41) is 4.07. The molecule has 0 bridgehead atoms. The maximum absolute atomic E-state index is 12.0. The van der Waals surface area contributed by atoms with E-state index in [4.69, 9.17) is 4.84 Å². The van der Waals surface area contributed by atoms with Crippen molar-refractivity contribution >= 4 is 17.9 Å². The molecule has 6 heteroatoms. The molecule has 0 unspecified atom stereocenters. The Balaban J connectivity index is 1.58. The lowest BCUT2D eigenvalue weighted by molar-refractivity contribution is 0.0728. The Morgan fingerprint density at radius 2 is 1.86 bits per heavy atom. The standard InChI is InChI=1S/C15H17N3O2S/c19-15(17-9-5-2-6-10-17)20-18-12-14(11-16-18)21-13-7-3-1-4-8-13/h1,3-4,7-8,11-12H,2,5-6,9-10H2. The van der Waals surface area contributed by atoms with Gasteiger partial charge in [-0.2, -0.15) is 0 Å². The van der Waals surface area contributed by atoms with Crippen molar-refractivity contribution in [1.82, 2.24) is 14.8 Å².